The Hall–Kier alpha value is -0.360. The SMILES string of the molecule is CC(N)C(C)C(=O)NCC1COCCO1.Cl. The van der Waals surface area contributed by atoms with Gasteiger partial charge >= 0.3 is 0 Å². The van der Waals surface area contributed by atoms with Crippen LogP contribution in [0.1, 0.15) is 13.8 Å². The summed E-state index contributed by atoms with van der Waals surface area (Å²) in [6, 6.07) is -0.131. The molecule has 0 aliphatic carbocycles. The van der Waals surface area contributed by atoms with Crippen molar-refractivity contribution in [3.8, 4) is 0 Å². The number of halogens is 1. The highest BCUT2D eigenvalue weighted by Gasteiger charge is 2.19. The molecular weight excluding hydrogens is 232 g/mol. The lowest BCUT2D eigenvalue weighted by atomic mass is 10.0. The van der Waals surface area contributed by atoms with Gasteiger partial charge in [0, 0.05) is 18.5 Å². The molecule has 0 aromatic heterocycles. The molecule has 1 saturated heterocycles. The summed E-state index contributed by atoms with van der Waals surface area (Å²) in [5, 5.41) is 2.81. The van der Waals surface area contributed by atoms with Crippen molar-refractivity contribution in [1.82, 2.24) is 5.32 Å². The molecule has 1 rings (SSSR count). The normalized spacial score (nSPS) is 24.1. The number of hydrogen-bond acceptors (Lipinski definition) is 4. The van der Waals surface area contributed by atoms with Gasteiger partial charge in [0.1, 0.15) is 0 Å². The molecule has 3 N–H and O–H groups in total. The summed E-state index contributed by atoms with van der Waals surface area (Å²) in [6.45, 7) is 5.93. The summed E-state index contributed by atoms with van der Waals surface area (Å²) >= 11 is 0. The Bertz CT molecular complexity index is 208. The Kier molecular flexibility index (Phi) is 7.66. The van der Waals surface area contributed by atoms with E-state index in [0.29, 0.717) is 26.4 Å². The van der Waals surface area contributed by atoms with Crippen LogP contribution in [-0.2, 0) is 14.3 Å². The minimum absolute atomic E-state index is 0. The fraction of sp³-hybridized carbons (Fsp3) is 0.900. The molecule has 0 aromatic carbocycles. The third-order valence-electron chi connectivity index (χ3n) is 2.59. The Morgan fingerprint density at radius 1 is 1.50 bits per heavy atom. The van der Waals surface area contributed by atoms with Crippen LogP contribution in [0.2, 0.25) is 0 Å². The van der Waals surface area contributed by atoms with Crippen LogP contribution in [0.4, 0.5) is 0 Å². The minimum Gasteiger partial charge on any atom is -0.376 e. The number of hydrogen-bond donors (Lipinski definition) is 2. The lowest BCUT2D eigenvalue weighted by Crippen LogP contribution is -2.44. The van der Waals surface area contributed by atoms with Crippen molar-refractivity contribution in [2.45, 2.75) is 26.0 Å². The first-order valence-electron chi connectivity index (χ1n) is 5.34. The first-order valence-corrected chi connectivity index (χ1v) is 5.34. The lowest BCUT2D eigenvalue weighted by molar-refractivity contribution is -0.127. The predicted octanol–water partition coefficient (Wildman–Crippen LogP) is -0.0769. The molecule has 5 nitrogen and oxygen atoms in total. The molecule has 1 aliphatic rings. The summed E-state index contributed by atoms with van der Waals surface area (Å²) < 4.78 is 10.6. The maximum atomic E-state index is 11.5. The number of carbonyl (C=O) groups is 1. The first-order chi connectivity index (χ1) is 7.11. The van der Waals surface area contributed by atoms with Crippen LogP contribution >= 0.6 is 12.4 Å². The van der Waals surface area contributed by atoms with Crippen molar-refractivity contribution in [3.05, 3.63) is 0 Å². The number of ether oxygens (including phenoxy) is 2. The van der Waals surface area contributed by atoms with Gasteiger partial charge in [-0.05, 0) is 6.92 Å². The molecule has 3 unspecified atom stereocenters. The van der Waals surface area contributed by atoms with Crippen molar-refractivity contribution < 1.29 is 14.3 Å². The van der Waals surface area contributed by atoms with Gasteiger partial charge in [0.2, 0.25) is 5.91 Å². The van der Waals surface area contributed by atoms with Crippen LogP contribution in [0.25, 0.3) is 0 Å². The van der Waals surface area contributed by atoms with E-state index in [1.165, 1.54) is 0 Å². The molecule has 16 heavy (non-hydrogen) atoms. The van der Waals surface area contributed by atoms with Gasteiger partial charge in [-0.15, -0.1) is 12.4 Å². The summed E-state index contributed by atoms with van der Waals surface area (Å²) in [7, 11) is 0. The second-order valence-corrected chi connectivity index (χ2v) is 3.96. The third kappa shape index (κ3) is 5.12. The van der Waals surface area contributed by atoms with Gasteiger partial charge in [-0.2, -0.15) is 0 Å². The van der Waals surface area contributed by atoms with Crippen LogP contribution in [-0.4, -0.2) is 44.4 Å². The fourth-order valence-corrected chi connectivity index (χ4v) is 1.27. The van der Waals surface area contributed by atoms with Crippen molar-refractivity contribution in [1.29, 1.82) is 0 Å². The summed E-state index contributed by atoms with van der Waals surface area (Å²) in [5.74, 6) is -0.200. The molecule has 0 saturated carbocycles. The average Bonchev–Trinajstić information content (AvgIpc) is 2.26. The zero-order chi connectivity index (χ0) is 11.3. The Morgan fingerprint density at radius 2 is 2.19 bits per heavy atom. The van der Waals surface area contributed by atoms with Gasteiger partial charge in [0.05, 0.1) is 25.9 Å². The Morgan fingerprint density at radius 3 is 2.69 bits per heavy atom. The molecule has 3 atom stereocenters. The maximum absolute atomic E-state index is 11.5. The first kappa shape index (κ1) is 15.6. The maximum Gasteiger partial charge on any atom is 0.224 e. The standard InChI is InChI=1S/C10H20N2O3.ClH/c1-7(8(2)11)10(13)12-5-9-6-14-3-4-15-9;/h7-9H,3-6,11H2,1-2H3,(H,12,13);1H. The van der Waals surface area contributed by atoms with E-state index in [4.69, 9.17) is 15.2 Å². The Balaban J connectivity index is 0.00000225. The smallest absolute Gasteiger partial charge is 0.224 e. The summed E-state index contributed by atoms with van der Waals surface area (Å²) in [5.41, 5.74) is 5.63. The minimum atomic E-state index is -0.172. The van der Waals surface area contributed by atoms with Gasteiger partial charge in [-0.25, -0.2) is 0 Å². The molecule has 0 spiro atoms. The number of rotatable bonds is 4. The highest BCUT2D eigenvalue weighted by atomic mass is 35.5. The van der Waals surface area contributed by atoms with Gasteiger partial charge in [0.25, 0.3) is 0 Å². The second kappa shape index (κ2) is 7.84. The van der Waals surface area contributed by atoms with E-state index in [1.807, 2.05) is 13.8 Å². The van der Waals surface area contributed by atoms with Crippen molar-refractivity contribution in [2.75, 3.05) is 26.4 Å². The van der Waals surface area contributed by atoms with Crippen LogP contribution in [0.3, 0.4) is 0 Å². The van der Waals surface area contributed by atoms with E-state index in [9.17, 15) is 4.79 Å². The van der Waals surface area contributed by atoms with E-state index in [-0.39, 0.29) is 36.4 Å². The fourth-order valence-electron chi connectivity index (χ4n) is 1.27. The zero-order valence-corrected chi connectivity index (χ0v) is 10.6. The molecule has 6 heteroatoms. The van der Waals surface area contributed by atoms with Gasteiger partial charge < -0.3 is 20.5 Å². The Labute approximate surface area is 102 Å². The zero-order valence-electron chi connectivity index (χ0n) is 9.77. The topological polar surface area (TPSA) is 73.6 Å². The van der Waals surface area contributed by atoms with E-state index < -0.39 is 0 Å². The molecule has 1 heterocycles. The largest absolute Gasteiger partial charge is 0.376 e. The van der Waals surface area contributed by atoms with Crippen molar-refractivity contribution >= 4 is 18.3 Å². The van der Waals surface area contributed by atoms with E-state index in [0.717, 1.165) is 0 Å². The second-order valence-electron chi connectivity index (χ2n) is 3.96. The number of nitrogens with one attached hydrogen (secondary N) is 1. The third-order valence-corrected chi connectivity index (χ3v) is 2.59. The molecule has 1 aliphatic heterocycles. The molecule has 0 bridgehead atoms. The van der Waals surface area contributed by atoms with Crippen molar-refractivity contribution in [2.24, 2.45) is 11.7 Å². The number of nitrogens with two attached hydrogens (primary N) is 1. The molecule has 0 aromatic rings. The highest BCUT2D eigenvalue weighted by molar-refractivity contribution is 5.85. The van der Waals surface area contributed by atoms with Gasteiger partial charge in [-0.3, -0.25) is 4.79 Å². The van der Waals surface area contributed by atoms with Crippen LogP contribution in [0.5, 0.6) is 0 Å². The van der Waals surface area contributed by atoms with Crippen LogP contribution in [0.15, 0.2) is 0 Å². The van der Waals surface area contributed by atoms with E-state index in [2.05, 4.69) is 5.32 Å². The van der Waals surface area contributed by atoms with E-state index >= 15 is 0 Å². The lowest BCUT2D eigenvalue weighted by Gasteiger charge is -2.24. The monoisotopic (exact) mass is 252 g/mol. The molecular formula is C10H21ClN2O3. The van der Waals surface area contributed by atoms with Gasteiger partial charge in [-0.1, -0.05) is 6.92 Å². The molecule has 1 amide bonds. The number of carbonyl (C=O) groups excluding carboxylic acids is 1. The molecule has 0 radical (unpaired) electrons. The van der Waals surface area contributed by atoms with Crippen molar-refractivity contribution in [3.63, 3.8) is 0 Å². The predicted molar refractivity (Wildman–Crippen MR) is 63.6 cm³/mol. The molecule has 96 valence electrons. The summed E-state index contributed by atoms with van der Waals surface area (Å²) in [4.78, 5) is 11.5. The molecule has 1 fully saturated rings. The number of amides is 1. The highest BCUT2D eigenvalue weighted by Crippen LogP contribution is 2.02. The average molecular weight is 253 g/mol. The van der Waals surface area contributed by atoms with Crippen LogP contribution in [0, 0.1) is 5.92 Å². The van der Waals surface area contributed by atoms with Crippen LogP contribution < -0.4 is 11.1 Å². The summed E-state index contributed by atoms with van der Waals surface area (Å²) in [6.07, 6.45) is -0.0250. The van der Waals surface area contributed by atoms with E-state index in [1.54, 1.807) is 0 Å². The van der Waals surface area contributed by atoms with Gasteiger partial charge in [0.15, 0.2) is 0 Å². The quantitative estimate of drug-likeness (QED) is 0.734.